The Hall–Kier alpha value is -6.42. The summed E-state index contributed by atoms with van der Waals surface area (Å²) in [6.45, 7) is 0. The van der Waals surface area contributed by atoms with Gasteiger partial charge in [0.15, 0.2) is 0 Å². The van der Waals surface area contributed by atoms with Gasteiger partial charge in [-0.15, -0.1) is 11.3 Å². The molecule has 3 heteroatoms. The van der Waals surface area contributed by atoms with Gasteiger partial charge in [-0.1, -0.05) is 127 Å². The van der Waals surface area contributed by atoms with Gasteiger partial charge in [-0.05, 0) is 89.0 Å². The van der Waals surface area contributed by atoms with Gasteiger partial charge >= 0.3 is 0 Å². The van der Waals surface area contributed by atoms with E-state index in [9.17, 15) is 0 Å². The average molecular weight is 669 g/mol. The molecule has 0 fully saturated rings. The molecular weight excluding hydrogens is 637 g/mol. The number of benzene rings is 8. The summed E-state index contributed by atoms with van der Waals surface area (Å²) in [7, 11) is 0. The van der Waals surface area contributed by atoms with Crippen molar-refractivity contribution in [3.8, 4) is 27.9 Å². The maximum absolute atomic E-state index is 2.41. The third-order valence-corrected chi connectivity index (χ3v) is 11.2. The van der Waals surface area contributed by atoms with E-state index in [1.807, 2.05) is 11.3 Å². The van der Waals surface area contributed by atoms with E-state index in [1.54, 1.807) is 0 Å². The average Bonchev–Trinajstić information content (AvgIpc) is 3.76. The highest BCUT2D eigenvalue weighted by Crippen LogP contribution is 2.45. The van der Waals surface area contributed by atoms with E-state index in [0.717, 1.165) is 17.1 Å². The van der Waals surface area contributed by atoms with E-state index >= 15 is 0 Å². The molecule has 0 saturated heterocycles. The lowest BCUT2D eigenvalue weighted by molar-refractivity contribution is 1.18. The molecule has 0 radical (unpaired) electrons. The van der Waals surface area contributed by atoms with Gasteiger partial charge in [0.05, 0.1) is 16.7 Å². The molecule has 0 spiro atoms. The summed E-state index contributed by atoms with van der Waals surface area (Å²) >= 11 is 1.86. The van der Waals surface area contributed by atoms with Crippen LogP contribution in [0.5, 0.6) is 0 Å². The predicted octanol–water partition coefficient (Wildman–Crippen LogP) is 14.0. The van der Waals surface area contributed by atoms with E-state index < -0.39 is 0 Å². The van der Waals surface area contributed by atoms with Gasteiger partial charge in [-0.3, -0.25) is 0 Å². The zero-order chi connectivity index (χ0) is 33.7. The fraction of sp³-hybridized carbons (Fsp3) is 0. The second kappa shape index (κ2) is 12.2. The molecule has 2 aromatic heterocycles. The molecule has 0 aliphatic carbocycles. The summed E-state index contributed by atoms with van der Waals surface area (Å²) < 4.78 is 4.96. The van der Waals surface area contributed by atoms with Gasteiger partial charge in [-0.25, -0.2) is 0 Å². The van der Waals surface area contributed by atoms with Crippen LogP contribution >= 0.6 is 11.3 Å². The lowest BCUT2D eigenvalue weighted by Gasteiger charge is -2.27. The Kier molecular flexibility index (Phi) is 7.04. The maximum Gasteiger partial charge on any atom is 0.0554 e. The van der Waals surface area contributed by atoms with Crippen molar-refractivity contribution in [2.75, 3.05) is 4.90 Å². The molecule has 0 aliphatic rings. The molecule has 240 valence electrons. The minimum Gasteiger partial charge on any atom is -0.310 e. The zero-order valence-electron chi connectivity index (χ0n) is 27.8. The molecule has 0 aliphatic heterocycles. The number of rotatable bonds is 6. The van der Waals surface area contributed by atoms with E-state index in [1.165, 1.54) is 69.9 Å². The quantitative estimate of drug-likeness (QED) is 0.171. The second-order valence-corrected chi connectivity index (χ2v) is 14.0. The highest BCUT2D eigenvalue weighted by atomic mass is 32.1. The Morgan fingerprint density at radius 1 is 0.353 bits per heavy atom. The van der Waals surface area contributed by atoms with Crippen molar-refractivity contribution in [3.63, 3.8) is 0 Å². The van der Waals surface area contributed by atoms with Crippen LogP contribution in [0.2, 0.25) is 0 Å². The Balaban J connectivity index is 1.05. The zero-order valence-corrected chi connectivity index (χ0v) is 28.6. The Morgan fingerprint density at radius 3 is 1.43 bits per heavy atom. The highest BCUT2D eigenvalue weighted by molar-refractivity contribution is 7.26. The lowest BCUT2D eigenvalue weighted by atomic mass is 10.0. The first-order chi connectivity index (χ1) is 25.3. The van der Waals surface area contributed by atoms with Gasteiger partial charge in [0.25, 0.3) is 0 Å². The van der Waals surface area contributed by atoms with E-state index in [-0.39, 0.29) is 0 Å². The van der Waals surface area contributed by atoms with Crippen LogP contribution in [0.4, 0.5) is 17.1 Å². The molecule has 8 aromatic carbocycles. The first-order valence-corrected chi connectivity index (χ1v) is 18.2. The van der Waals surface area contributed by atoms with Crippen LogP contribution in [0, 0.1) is 0 Å². The number of fused-ring (bicyclic) bond motifs is 6. The molecule has 0 N–H and O–H groups in total. The third kappa shape index (κ3) is 5.01. The van der Waals surface area contributed by atoms with Crippen LogP contribution in [0.25, 0.3) is 69.9 Å². The Morgan fingerprint density at radius 2 is 0.824 bits per heavy atom. The molecule has 51 heavy (non-hydrogen) atoms. The van der Waals surface area contributed by atoms with Crippen molar-refractivity contribution in [3.05, 3.63) is 194 Å². The van der Waals surface area contributed by atoms with Crippen molar-refractivity contribution in [1.82, 2.24) is 4.57 Å². The van der Waals surface area contributed by atoms with Crippen molar-refractivity contribution in [1.29, 1.82) is 0 Å². The largest absolute Gasteiger partial charge is 0.310 e. The first kappa shape index (κ1) is 29.5. The SMILES string of the molecule is c1ccc(-c2ccc(N(c3ccc(-c4ccc(-n5c6ccccc6c6ccccc65)cc4)cc3)c3cccc4sc5ccccc5c34)cc2)cc1. The summed E-state index contributed by atoms with van der Waals surface area (Å²) in [4.78, 5) is 2.41. The molecule has 2 heterocycles. The number of hydrogen-bond donors (Lipinski definition) is 0. The number of anilines is 3. The topological polar surface area (TPSA) is 8.17 Å². The minimum atomic E-state index is 1.12. The fourth-order valence-electron chi connectivity index (χ4n) is 7.61. The summed E-state index contributed by atoms with van der Waals surface area (Å²) in [6, 6.07) is 70.3. The number of hydrogen-bond acceptors (Lipinski definition) is 2. The molecule has 10 rings (SSSR count). The third-order valence-electron chi connectivity index (χ3n) is 10.0. The summed E-state index contributed by atoms with van der Waals surface area (Å²) in [5.41, 5.74) is 11.8. The van der Waals surface area contributed by atoms with Crippen LogP contribution in [0.3, 0.4) is 0 Å². The van der Waals surface area contributed by atoms with Crippen molar-refractivity contribution < 1.29 is 0 Å². The van der Waals surface area contributed by atoms with Gasteiger partial charge in [-0.2, -0.15) is 0 Å². The normalized spacial score (nSPS) is 11.5. The number of para-hydroxylation sites is 2. The molecule has 0 bridgehead atoms. The molecule has 0 saturated carbocycles. The van der Waals surface area contributed by atoms with Crippen LogP contribution in [0.15, 0.2) is 194 Å². The summed E-state index contributed by atoms with van der Waals surface area (Å²) in [5, 5.41) is 5.13. The highest BCUT2D eigenvalue weighted by Gasteiger charge is 2.19. The molecule has 0 unspecified atom stereocenters. The number of nitrogens with zero attached hydrogens (tertiary/aromatic N) is 2. The smallest absolute Gasteiger partial charge is 0.0554 e. The molecular formula is C48H32N2S. The molecule has 0 atom stereocenters. The summed E-state index contributed by atoms with van der Waals surface area (Å²) in [5.74, 6) is 0. The van der Waals surface area contributed by atoms with Gasteiger partial charge < -0.3 is 9.47 Å². The van der Waals surface area contributed by atoms with Crippen molar-refractivity contribution in [2.45, 2.75) is 0 Å². The minimum absolute atomic E-state index is 1.12. The van der Waals surface area contributed by atoms with Crippen LogP contribution in [-0.4, -0.2) is 4.57 Å². The lowest BCUT2D eigenvalue weighted by Crippen LogP contribution is -2.10. The molecule has 0 amide bonds. The Labute approximate surface area is 300 Å². The first-order valence-electron chi connectivity index (χ1n) is 17.4. The fourth-order valence-corrected chi connectivity index (χ4v) is 8.74. The van der Waals surface area contributed by atoms with E-state index in [2.05, 4.69) is 204 Å². The van der Waals surface area contributed by atoms with Gasteiger partial charge in [0.1, 0.15) is 0 Å². The Bertz CT molecular complexity index is 2770. The number of thiophene rings is 1. The van der Waals surface area contributed by atoms with Crippen LogP contribution in [-0.2, 0) is 0 Å². The van der Waals surface area contributed by atoms with Crippen molar-refractivity contribution >= 4 is 70.4 Å². The predicted molar refractivity (Wildman–Crippen MR) is 219 cm³/mol. The monoisotopic (exact) mass is 668 g/mol. The summed E-state index contributed by atoms with van der Waals surface area (Å²) in [6.07, 6.45) is 0. The van der Waals surface area contributed by atoms with E-state index in [0.29, 0.717) is 0 Å². The maximum atomic E-state index is 2.41. The molecule has 2 nitrogen and oxygen atoms in total. The van der Waals surface area contributed by atoms with Crippen LogP contribution in [0.1, 0.15) is 0 Å². The standard InChI is InChI=1S/C48H32N2S/c1-2-11-33(12-3-1)34-21-27-37(28-22-34)49(45-18-10-20-47-48(45)42-15-6-9-19-46(42)51-47)38-29-23-35(24-30-38)36-25-31-39(32-26-36)50-43-16-7-4-13-40(43)41-14-5-8-17-44(41)50/h1-32H. The van der Waals surface area contributed by atoms with Gasteiger partial charge in [0.2, 0.25) is 0 Å². The molecule has 10 aromatic rings. The van der Waals surface area contributed by atoms with Crippen LogP contribution < -0.4 is 4.90 Å². The van der Waals surface area contributed by atoms with Gasteiger partial charge in [0, 0.05) is 48.0 Å². The second-order valence-electron chi connectivity index (χ2n) is 13.0. The number of aromatic nitrogens is 1. The van der Waals surface area contributed by atoms with E-state index in [4.69, 9.17) is 0 Å². The van der Waals surface area contributed by atoms with Crippen molar-refractivity contribution in [2.24, 2.45) is 0 Å².